The van der Waals surface area contributed by atoms with E-state index in [1.807, 2.05) is 13.0 Å². The standard InChI is InChI=1S/C16H17FO2/c1-11(9-10-19-2)16(18)14-7-8-15(17)13-6-4-3-5-12(13)14/h3-8,11H,9-10H2,1-2H3. The normalized spacial score (nSPS) is 12.6. The first-order valence-electron chi connectivity index (χ1n) is 6.35. The molecule has 2 aromatic carbocycles. The fourth-order valence-electron chi connectivity index (χ4n) is 2.17. The van der Waals surface area contributed by atoms with Crippen molar-refractivity contribution in [2.45, 2.75) is 13.3 Å². The van der Waals surface area contributed by atoms with Gasteiger partial charge in [0.2, 0.25) is 0 Å². The Morgan fingerprint density at radius 3 is 2.58 bits per heavy atom. The number of ether oxygens (including phenoxy) is 1. The monoisotopic (exact) mass is 260 g/mol. The molecule has 0 amide bonds. The minimum Gasteiger partial charge on any atom is -0.385 e. The summed E-state index contributed by atoms with van der Waals surface area (Å²) in [6, 6.07) is 10.0. The second-order valence-corrected chi connectivity index (χ2v) is 4.69. The van der Waals surface area contributed by atoms with Crippen molar-refractivity contribution in [1.82, 2.24) is 0 Å². The number of hydrogen-bond acceptors (Lipinski definition) is 2. The lowest BCUT2D eigenvalue weighted by atomic mass is 9.92. The predicted octanol–water partition coefficient (Wildman–Crippen LogP) is 3.83. The zero-order chi connectivity index (χ0) is 13.8. The number of rotatable bonds is 5. The van der Waals surface area contributed by atoms with Gasteiger partial charge in [0.1, 0.15) is 5.82 Å². The highest BCUT2D eigenvalue weighted by Crippen LogP contribution is 2.24. The Kier molecular flexibility index (Phi) is 4.27. The summed E-state index contributed by atoms with van der Waals surface area (Å²) in [7, 11) is 1.62. The van der Waals surface area contributed by atoms with Crippen LogP contribution in [0.15, 0.2) is 36.4 Å². The van der Waals surface area contributed by atoms with Crippen LogP contribution in [0.5, 0.6) is 0 Å². The molecule has 0 saturated heterocycles. The number of methoxy groups -OCH3 is 1. The molecule has 0 bridgehead atoms. The van der Waals surface area contributed by atoms with Crippen LogP contribution < -0.4 is 0 Å². The van der Waals surface area contributed by atoms with Gasteiger partial charge in [-0.05, 0) is 23.9 Å². The molecule has 2 aromatic rings. The van der Waals surface area contributed by atoms with Crippen molar-refractivity contribution in [3.05, 3.63) is 47.8 Å². The molecule has 0 aromatic heterocycles. The van der Waals surface area contributed by atoms with Crippen LogP contribution in [-0.2, 0) is 4.74 Å². The first-order valence-corrected chi connectivity index (χ1v) is 6.35. The smallest absolute Gasteiger partial charge is 0.166 e. The van der Waals surface area contributed by atoms with Crippen molar-refractivity contribution in [3.8, 4) is 0 Å². The highest BCUT2D eigenvalue weighted by Gasteiger charge is 2.18. The molecule has 0 radical (unpaired) electrons. The van der Waals surface area contributed by atoms with Gasteiger partial charge in [0, 0.05) is 30.6 Å². The number of carbonyl (C=O) groups is 1. The van der Waals surface area contributed by atoms with Crippen LogP contribution in [0.1, 0.15) is 23.7 Å². The maximum Gasteiger partial charge on any atom is 0.166 e. The molecule has 19 heavy (non-hydrogen) atoms. The van der Waals surface area contributed by atoms with E-state index in [4.69, 9.17) is 4.74 Å². The summed E-state index contributed by atoms with van der Waals surface area (Å²) in [5.41, 5.74) is 0.584. The molecule has 0 heterocycles. The second-order valence-electron chi connectivity index (χ2n) is 4.69. The van der Waals surface area contributed by atoms with Gasteiger partial charge in [0.15, 0.2) is 5.78 Å². The van der Waals surface area contributed by atoms with Crippen molar-refractivity contribution in [2.75, 3.05) is 13.7 Å². The number of carbonyl (C=O) groups excluding carboxylic acids is 1. The fourth-order valence-corrected chi connectivity index (χ4v) is 2.17. The van der Waals surface area contributed by atoms with Crippen LogP contribution in [0, 0.1) is 11.7 Å². The van der Waals surface area contributed by atoms with E-state index in [0.717, 1.165) is 0 Å². The van der Waals surface area contributed by atoms with Crippen molar-refractivity contribution < 1.29 is 13.9 Å². The van der Waals surface area contributed by atoms with Crippen LogP contribution in [0.2, 0.25) is 0 Å². The molecule has 100 valence electrons. The average Bonchev–Trinajstić information content (AvgIpc) is 2.45. The molecule has 3 heteroatoms. The number of ketones is 1. The van der Waals surface area contributed by atoms with E-state index in [0.29, 0.717) is 29.4 Å². The van der Waals surface area contributed by atoms with Crippen molar-refractivity contribution in [2.24, 2.45) is 5.92 Å². The second kappa shape index (κ2) is 5.93. The molecule has 2 nitrogen and oxygen atoms in total. The molecule has 1 unspecified atom stereocenters. The van der Waals surface area contributed by atoms with Crippen LogP contribution in [0.25, 0.3) is 10.8 Å². The number of hydrogen-bond donors (Lipinski definition) is 0. The van der Waals surface area contributed by atoms with E-state index in [9.17, 15) is 9.18 Å². The lowest BCUT2D eigenvalue weighted by molar-refractivity contribution is 0.0895. The van der Waals surface area contributed by atoms with Gasteiger partial charge in [0.25, 0.3) is 0 Å². The maximum atomic E-state index is 13.7. The van der Waals surface area contributed by atoms with E-state index >= 15 is 0 Å². The largest absolute Gasteiger partial charge is 0.385 e. The van der Waals surface area contributed by atoms with Crippen LogP contribution in [0.3, 0.4) is 0 Å². The zero-order valence-corrected chi connectivity index (χ0v) is 11.2. The highest BCUT2D eigenvalue weighted by molar-refractivity contribution is 6.09. The Morgan fingerprint density at radius 1 is 1.21 bits per heavy atom. The SMILES string of the molecule is COCCC(C)C(=O)c1ccc(F)c2ccccc12. The Balaban J connectivity index is 2.40. The molecular formula is C16H17FO2. The summed E-state index contributed by atoms with van der Waals surface area (Å²) in [5.74, 6) is -0.390. The van der Waals surface area contributed by atoms with Gasteiger partial charge in [-0.1, -0.05) is 31.2 Å². The Hall–Kier alpha value is -1.74. The number of fused-ring (bicyclic) bond motifs is 1. The minimum atomic E-state index is -0.295. The first kappa shape index (κ1) is 13.7. The Morgan fingerprint density at radius 2 is 1.89 bits per heavy atom. The van der Waals surface area contributed by atoms with E-state index in [1.165, 1.54) is 6.07 Å². The van der Waals surface area contributed by atoms with Gasteiger partial charge in [-0.25, -0.2) is 4.39 Å². The molecule has 0 N–H and O–H groups in total. The summed E-state index contributed by atoms with van der Waals surface area (Å²) in [6.45, 7) is 2.42. The highest BCUT2D eigenvalue weighted by atomic mass is 19.1. The number of halogens is 1. The van der Waals surface area contributed by atoms with E-state index < -0.39 is 0 Å². The van der Waals surface area contributed by atoms with Crippen LogP contribution >= 0.6 is 0 Å². The molecule has 0 spiro atoms. The zero-order valence-electron chi connectivity index (χ0n) is 11.2. The maximum absolute atomic E-state index is 13.7. The molecule has 1 atom stereocenters. The molecule has 0 aliphatic carbocycles. The topological polar surface area (TPSA) is 26.3 Å². The van der Waals surface area contributed by atoms with Gasteiger partial charge in [-0.3, -0.25) is 4.79 Å². The molecule has 2 rings (SSSR count). The Labute approximate surface area is 112 Å². The van der Waals surface area contributed by atoms with E-state index in [-0.39, 0.29) is 17.5 Å². The molecule has 0 aliphatic rings. The molecular weight excluding hydrogens is 243 g/mol. The quantitative estimate of drug-likeness (QED) is 0.764. The molecule has 0 fully saturated rings. The number of Topliss-reactive ketones (excluding diaryl/α,β-unsaturated/α-hetero) is 1. The van der Waals surface area contributed by atoms with Gasteiger partial charge in [-0.2, -0.15) is 0 Å². The van der Waals surface area contributed by atoms with Crippen LogP contribution in [0.4, 0.5) is 4.39 Å². The average molecular weight is 260 g/mol. The summed E-state index contributed by atoms with van der Waals surface area (Å²) in [4.78, 5) is 12.4. The van der Waals surface area contributed by atoms with Crippen molar-refractivity contribution in [3.63, 3.8) is 0 Å². The summed E-state index contributed by atoms with van der Waals surface area (Å²) >= 11 is 0. The minimum absolute atomic E-state index is 0.0354. The summed E-state index contributed by atoms with van der Waals surface area (Å²) in [6.07, 6.45) is 0.668. The van der Waals surface area contributed by atoms with E-state index in [2.05, 4.69) is 0 Å². The summed E-state index contributed by atoms with van der Waals surface area (Å²) in [5, 5.41) is 1.17. The molecule has 0 aliphatic heterocycles. The lowest BCUT2D eigenvalue weighted by Gasteiger charge is -2.12. The van der Waals surface area contributed by atoms with Gasteiger partial charge >= 0.3 is 0 Å². The van der Waals surface area contributed by atoms with Crippen molar-refractivity contribution in [1.29, 1.82) is 0 Å². The van der Waals surface area contributed by atoms with Gasteiger partial charge in [0.05, 0.1) is 0 Å². The van der Waals surface area contributed by atoms with E-state index in [1.54, 1.807) is 31.4 Å². The third kappa shape index (κ3) is 2.82. The third-order valence-electron chi connectivity index (χ3n) is 3.34. The lowest BCUT2D eigenvalue weighted by Crippen LogP contribution is -2.14. The number of benzene rings is 2. The predicted molar refractivity (Wildman–Crippen MR) is 73.9 cm³/mol. The molecule has 0 saturated carbocycles. The van der Waals surface area contributed by atoms with Crippen molar-refractivity contribution >= 4 is 16.6 Å². The summed E-state index contributed by atoms with van der Waals surface area (Å²) < 4.78 is 18.7. The third-order valence-corrected chi connectivity index (χ3v) is 3.34. The first-order chi connectivity index (χ1) is 9.15. The fraction of sp³-hybridized carbons (Fsp3) is 0.312. The Bertz CT molecular complexity index is 592. The van der Waals surface area contributed by atoms with Gasteiger partial charge < -0.3 is 4.74 Å². The van der Waals surface area contributed by atoms with Gasteiger partial charge in [-0.15, -0.1) is 0 Å². The van der Waals surface area contributed by atoms with Crippen LogP contribution in [-0.4, -0.2) is 19.5 Å².